The van der Waals surface area contributed by atoms with E-state index in [1.807, 2.05) is 5.38 Å². The number of piperidine rings is 1. The third-order valence-electron chi connectivity index (χ3n) is 5.10. The van der Waals surface area contributed by atoms with Gasteiger partial charge in [0.2, 0.25) is 0 Å². The molecule has 0 spiro atoms. The number of halogens is 2. The molecule has 0 radical (unpaired) electrons. The van der Waals surface area contributed by atoms with E-state index >= 15 is 0 Å². The quantitative estimate of drug-likeness (QED) is 0.855. The minimum absolute atomic E-state index is 0.0724. The summed E-state index contributed by atoms with van der Waals surface area (Å²) in [5, 5.41) is 7.14. The molecule has 138 valence electrons. The first kappa shape index (κ1) is 17.4. The summed E-state index contributed by atoms with van der Waals surface area (Å²) in [6.45, 7) is -0.0724. The fourth-order valence-electron chi connectivity index (χ4n) is 3.82. The maximum Gasteiger partial charge on any atom is 0.414 e. The normalized spacial score (nSPS) is 24.5. The Labute approximate surface area is 154 Å². The summed E-state index contributed by atoms with van der Waals surface area (Å²) in [6.07, 6.45) is 3.17. The molecule has 1 aromatic heterocycles. The number of carbonyl (C=O) groups excluding carboxylic acids is 1. The summed E-state index contributed by atoms with van der Waals surface area (Å²) in [5.74, 6) is -1.85. The molecule has 2 aliphatic rings. The van der Waals surface area contributed by atoms with Crippen LogP contribution in [0.1, 0.15) is 31.2 Å². The van der Waals surface area contributed by atoms with Crippen molar-refractivity contribution in [3.8, 4) is 0 Å². The average Bonchev–Trinajstić information content (AvgIpc) is 3.26. The van der Waals surface area contributed by atoms with Crippen LogP contribution >= 0.6 is 11.3 Å². The zero-order valence-electron chi connectivity index (χ0n) is 14.2. The smallest absolute Gasteiger partial charge is 0.414 e. The summed E-state index contributed by atoms with van der Waals surface area (Å²) < 4.78 is 33.3. The first-order valence-electron chi connectivity index (χ1n) is 8.79. The Kier molecular flexibility index (Phi) is 4.91. The van der Waals surface area contributed by atoms with Crippen LogP contribution in [-0.4, -0.2) is 24.3 Å². The highest BCUT2D eigenvalue weighted by atomic mass is 32.1. The van der Waals surface area contributed by atoms with Crippen molar-refractivity contribution < 1.29 is 18.3 Å². The minimum atomic E-state index is -0.930. The van der Waals surface area contributed by atoms with Crippen LogP contribution in [0.15, 0.2) is 35.0 Å². The number of amides is 1. The minimum Gasteiger partial charge on any atom is -0.446 e. The molecule has 2 aromatic rings. The molecule has 2 bridgehead atoms. The van der Waals surface area contributed by atoms with Crippen LogP contribution in [0.5, 0.6) is 0 Å². The molecule has 3 atom stereocenters. The molecule has 2 saturated heterocycles. The highest BCUT2D eigenvalue weighted by Gasteiger charge is 2.36. The number of hydrogen-bond acceptors (Lipinski definition) is 4. The lowest BCUT2D eigenvalue weighted by Crippen LogP contribution is -2.44. The predicted molar refractivity (Wildman–Crippen MR) is 96.3 cm³/mol. The van der Waals surface area contributed by atoms with Crippen LogP contribution in [0.2, 0.25) is 0 Å². The van der Waals surface area contributed by atoms with Gasteiger partial charge in [-0.2, -0.15) is 11.3 Å². The van der Waals surface area contributed by atoms with Crippen LogP contribution in [0.25, 0.3) is 0 Å². The molecule has 0 aliphatic carbocycles. The Bertz CT molecular complexity index is 772. The van der Waals surface area contributed by atoms with Crippen molar-refractivity contribution in [2.24, 2.45) is 0 Å². The number of thiophene rings is 1. The fourth-order valence-corrected chi connectivity index (χ4v) is 4.46. The summed E-state index contributed by atoms with van der Waals surface area (Å²) in [4.78, 5) is 14.2. The highest BCUT2D eigenvalue weighted by molar-refractivity contribution is 7.08. The van der Waals surface area contributed by atoms with Crippen LogP contribution < -0.4 is 10.2 Å². The molecule has 26 heavy (non-hydrogen) atoms. The maximum atomic E-state index is 14.1. The summed E-state index contributed by atoms with van der Waals surface area (Å²) in [6, 6.07) is 6.57. The van der Waals surface area contributed by atoms with Gasteiger partial charge in [-0.25, -0.2) is 13.6 Å². The van der Waals surface area contributed by atoms with Crippen LogP contribution in [-0.2, 0) is 11.3 Å². The first-order valence-corrected chi connectivity index (χ1v) is 9.73. The predicted octanol–water partition coefficient (Wildman–Crippen LogP) is 4.45. The van der Waals surface area contributed by atoms with Crippen molar-refractivity contribution in [1.82, 2.24) is 5.32 Å². The van der Waals surface area contributed by atoms with Gasteiger partial charge in [-0.15, -0.1) is 0 Å². The molecule has 2 aliphatic heterocycles. The number of anilines is 1. The SMILES string of the molecule is O=C(OC1C[C@H]2CC[C@@H](C1)N2)N(Cc1cccc(F)c1F)c1ccsc1. The van der Waals surface area contributed by atoms with Gasteiger partial charge in [-0.3, -0.25) is 4.90 Å². The summed E-state index contributed by atoms with van der Waals surface area (Å²) >= 11 is 1.43. The third-order valence-corrected chi connectivity index (χ3v) is 5.77. The fraction of sp³-hybridized carbons (Fsp3) is 0.421. The number of hydrogen-bond donors (Lipinski definition) is 1. The Hall–Kier alpha value is -1.99. The molecule has 4 nitrogen and oxygen atoms in total. The molecule has 1 amide bonds. The Morgan fingerprint density at radius 1 is 1.23 bits per heavy atom. The zero-order valence-corrected chi connectivity index (χ0v) is 15.0. The third kappa shape index (κ3) is 3.59. The van der Waals surface area contributed by atoms with Crippen molar-refractivity contribution >= 4 is 23.1 Å². The van der Waals surface area contributed by atoms with Gasteiger partial charge in [0.05, 0.1) is 12.2 Å². The molecule has 7 heteroatoms. The molecule has 0 saturated carbocycles. The lowest BCUT2D eigenvalue weighted by Gasteiger charge is -2.31. The lowest BCUT2D eigenvalue weighted by molar-refractivity contribution is 0.0719. The van der Waals surface area contributed by atoms with Crippen molar-refractivity contribution in [2.75, 3.05) is 4.90 Å². The van der Waals surface area contributed by atoms with E-state index in [0.717, 1.165) is 31.7 Å². The van der Waals surface area contributed by atoms with E-state index in [-0.39, 0.29) is 18.2 Å². The van der Waals surface area contributed by atoms with Crippen LogP contribution in [0.4, 0.5) is 19.3 Å². The Morgan fingerprint density at radius 2 is 2.00 bits per heavy atom. The monoisotopic (exact) mass is 378 g/mol. The van der Waals surface area contributed by atoms with E-state index in [4.69, 9.17) is 4.74 Å². The average molecular weight is 378 g/mol. The zero-order chi connectivity index (χ0) is 18.1. The standard InChI is InChI=1S/C19H20F2N2O2S/c20-17-3-1-2-12(18(17)21)10-23(15-6-7-26-11-15)19(24)25-16-8-13-4-5-14(9-16)22-13/h1-3,6-7,11,13-14,16,22H,4-5,8-10H2/t13-,14+,16?. The van der Waals surface area contributed by atoms with Gasteiger partial charge in [-0.05, 0) is 43.2 Å². The molecule has 4 rings (SSSR count). The van der Waals surface area contributed by atoms with E-state index in [0.29, 0.717) is 17.8 Å². The number of nitrogens with zero attached hydrogens (tertiary/aromatic N) is 1. The second kappa shape index (κ2) is 7.32. The van der Waals surface area contributed by atoms with Crippen molar-refractivity contribution in [1.29, 1.82) is 0 Å². The molecule has 1 aromatic carbocycles. The number of fused-ring (bicyclic) bond motifs is 2. The maximum absolute atomic E-state index is 14.1. The number of ether oxygens (including phenoxy) is 1. The van der Waals surface area contributed by atoms with Crippen molar-refractivity contribution in [3.05, 3.63) is 52.2 Å². The van der Waals surface area contributed by atoms with Crippen molar-refractivity contribution in [2.45, 2.75) is 50.4 Å². The van der Waals surface area contributed by atoms with Crippen molar-refractivity contribution in [3.63, 3.8) is 0 Å². The van der Waals surface area contributed by atoms with Crippen LogP contribution in [0.3, 0.4) is 0 Å². The van der Waals surface area contributed by atoms with Gasteiger partial charge in [0.25, 0.3) is 0 Å². The number of nitrogens with one attached hydrogen (secondary N) is 1. The molecular weight excluding hydrogens is 358 g/mol. The first-order chi connectivity index (χ1) is 12.6. The molecule has 3 heterocycles. The van der Waals surface area contributed by atoms with Gasteiger partial charge in [-0.1, -0.05) is 12.1 Å². The molecule has 1 unspecified atom stereocenters. The topological polar surface area (TPSA) is 41.6 Å². The highest BCUT2D eigenvalue weighted by Crippen LogP contribution is 2.30. The van der Waals surface area contributed by atoms with Gasteiger partial charge >= 0.3 is 6.09 Å². The van der Waals surface area contributed by atoms with Gasteiger partial charge in [0.1, 0.15) is 6.10 Å². The lowest BCUT2D eigenvalue weighted by atomic mass is 10.0. The van der Waals surface area contributed by atoms with Gasteiger partial charge < -0.3 is 10.1 Å². The largest absolute Gasteiger partial charge is 0.446 e. The Balaban J connectivity index is 1.51. The number of benzene rings is 1. The second-order valence-electron chi connectivity index (χ2n) is 6.90. The van der Waals surface area contributed by atoms with E-state index in [2.05, 4.69) is 5.32 Å². The number of rotatable bonds is 4. The molecular formula is C19H20F2N2O2S. The summed E-state index contributed by atoms with van der Waals surface area (Å²) in [7, 11) is 0. The van der Waals surface area contributed by atoms with E-state index in [1.165, 1.54) is 28.4 Å². The number of carbonyl (C=O) groups is 1. The van der Waals surface area contributed by atoms with E-state index in [1.54, 1.807) is 11.4 Å². The van der Waals surface area contributed by atoms with Gasteiger partial charge in [0.15, 0.2) is 11.6 Å². The second-order valence-corrected chi connectivity index (χ2v) is 7.68. The Morgan fingerprint density at radius 3 is 2.69 bits per heavy atom. The van der Waals surface area contributed by atoms with Gasteiger partial charge in [0, 0.05) is 23.0 Å². The van der Waals surface area contributed by atoms with E-state index in [9.17, 15) is 13.6 Å². The summed E-state index contributed by atoms with van der Waals surface area (Å²) in [5.41, 5.74) is 0.749. The van der Waals surface area contributed by atoms with E-state index < -0.39 is 17.7 Å². The van der Waals surface area contributed by atoms with Crippen LogP contribution in [0, 0.1) is 11.6 Å². The molecule has 2 fully saturated rings. The molecule has 1 N–H and O–H groups in total.